The number of methoxy groups -OCH3 is 1. The third kappa shape index (κ3) is 1.70. The van der Waals surface area contributed by atoms with Crippen LogP contribution in [0.2, 0.25) is 0 Å². The number of benzene rings is 1. The number of aromatic nitrogens is 1. The van der Waals surface area contributed by atoms with E-state index in [2.05, 4.69) is 5.16 Å². The smallest absolute Gasteiger partial charge is 0.165 e. The lowest BCUT2D eigenvalue weighted by Gasteiger charge is -2.05. The minimum atomic E-state index is -0.407. The van der Waals surface area contributed by atoms with Crippen LogP contribution in [0.15, 0.2) is 28.8 Å². The summed E-state index contributed by atoms with van der Waals surface area (Å²) < 4.78 is 23.3. The van der Waals surface area contributed by atoms with Gasteiger partial charge in [-0.05, 0) is 19.1 Å². The van der Waals surface area contributed by atoms with Crippen LogP contribution in [0.3, 0.4) is 0 Å². The van der Waals surface area contributed by atoms with Gasteiger partial charge in [0.1, 0.15) is 11.5 Å². The predicted octanol–water partition coefficient (Wildman–Crippen LogP) is 2.80. The molecule has 0 aliphatic heterocycles. The van der Waals surface area contributed by atoms with Crippen LogP contribution in [0.25, 0.3) is 11.3 Å². The fourth-order valence-electron chi connectivity index (χ4n) is 1.41. The number of ether oxygens (including phenoxy) is 1. The molecule has 0 saturated heterocycles. The van der Waals surface area contributed by atoms with Crippen molar-refractivity contribution in [2.75, 3.05) is 7.11 Å². The Kier molecular flexibility index (Phi) is 2.41. The lowest BCUT2D eigenvalue weighted by Crippen LogP contribution is -1.91. The summed E-state index contributed by atoms with van der Waals surface area (Å²) in [4.78, 5) is 0. The molecule has 1 heterocycles. The first kappa shape index (κ1) is 9.71. The number of halogens is 1. The zero-order valence-electron chi connectivity index (χ0n) is 8.45. The molecular weight excluding hydrogens is 197 g/mol. The van der Waals surface area contributed by atoms with Gasteiger partial charge < -0.3 is 9.26 Å². The second-order valence-electron chi connectivity index (χ2n) is 3.14. The van der Waals surface area contributed by atoms with E-state index in [9.17, 15) is 4.39 Å². The van der Waals surface area contributed by atoms with Gasteiger partial charge in [-0.25, -0.2) is 4.39 Å². The van der Waals surface area contributed by atoms with Crippen LogP contribution in [-0.4, -0.2) is 12.3 Å². The Morgan fingerprint density at radius 2 is 2.20 bits per heavy atom. The van der Waals surface area contributed by atoms with Gasteiger partial charge in [0, 0.05) is 11.6 Å². The highest BCUT2D eigenvalue weighted by Crippen LogP contribution is 2.31. The van der Waals surface area contributed by atoms with E-state index < -0.39 is 5.82 Å². The first-order valence-electron chi connectivity index (χ1n) is 4.48. The van der Waals surface area contributed by atoms with Crippen LogP contribution in [-0.2, 0) is 0 Å². The van der Waals surface area contributed by atoms with Gasteiger partial charge in [-0.1, -0.05) is 11.2 Å². The summed E-state index contributed by atoms with van der Waals surface area (Å²) in [5, 5.41) is 3.81. The van der Waals surface area contributed by atoms with Crippen LogP contribution in [0.5, 0.6) is 5.75 Å². The molecule has 0 bridgehead atoms. The Labute approximate surface area is 86.5 Å². The maximum atomic E-state index is 13.4. The van der Waals surface area contributed by atoms with Crippen molar-refractivity contribution in [1.82, 2.24) is 5.16 Å². The van der Waals surface area contributed by atoms with Gasteiger partial charge in [-0.2, -0.15) is 0 Å². The van der Waals surface area contributed by atoms with E-state index in [1.165, 1.54) is 13.2 Å². The zero-order chi connectivity index (χ0) is 10.8. The maximum Gasteiger partial charge on any atom is 0.165 e. The van der Waals surface area contributed by atoms with Crippen molar-refractivity contribution in [2.24, 2.45) is 0 Å². The monoisotopic (exact) mass is 207 g/mol. The van der Waals surface area contributed by atoms with Crippen molar-refractivity contribution in [3.63, 3.8) is 0 Å². The van der Waals surface area contributed by atoms with Crippen LogP contribution in [0.4, 0.5) is 4.39 Å². The highest BCUT2D eigenvalue weighted by atomic mass is 19.1. The predicted molar refractivity (Wildman–Crippen MR) is 53.2 cm³/mol. The van der Waals surface area contributed by atoms with Crippen LogP contribution in [0, 0.1) is 12.7 Å². The number of para-hydroxylation sites is 1. The molecule has 2 aromatic rings. The standard InChI is InChI=1S/C11H10FNO2/c1-7-6-10(13-15-7)8-4-3-5-9(12)11(8)14-2/h3-6H,1-2H3. The summed E-state index contributed by atoms with van der Waals surface area (Å²) >= 11 is 0. The van der Waals surface area contributed by atoms with E-state index in [1.54, 1.807) is 25.1 Å². The number of hydrogen-bond donors (Lipinski definition) is 0. The molecule has 0 saturated carbocycles. The van der Waals surface area contributed by atoms with E-state index >= 15 is 0 Å². The first-order valence-corrected chi connectivity index (χ1v) is 4.48. The molecule has 1 aromatic carbocycles. The Bertz CT molecular complexity index is 479. The molecule has 0 aliphatic carbocycles. The average Bonchev–Trinajstić information content (AvgIpc) is 2.64. The third-order valence-electron chi connectivity index (χ3n) is 2.08. The normalized spacial score (nSPS) is 10.3. The van der Waals surface area contributed by atoms with E-state index in [0.717, 1.165) is 0 Å². The molecule has 0 radical (unpaired) electrons. The maximum absolute atomic E-state index is 13.4. The van der Waals surface area contributed by atoms with E-state index in [1.807, 2.05) is 0 Å². The van der Waals surface area contributed by atoms with Gasteiger partial charge >= 0.3 is 0 Å². The van der Waals surface area contributed by atoms with Crippen molar-refractivity contribution in [2.45, 2.75) is 6.92 Å². The molecule has 0 amide bonds. The van der Waals surface area contributed by atoms with Gasteiger partial charge in [0.2, 0.25) is 0 Å². The molecule has 0 atom stereocenters. The summed E-state index contributed by atoms with van der Waals surface area (Å²) in [6.07, 6.45) is 0. The summed E-state index contributed by atoms with van der Waals surface area (Å²) in [5.41, 5.74) is 1.17. The quantitative estimate of drug-likeness (QED) is 0.759. The minimum Gasteiger partial charge on any atom is -0.493 e. The van der Waals surface area contributed by atoms with Crippen LogP contribution in [0.1, 0.15) is 5.76 Å². The number of hydrogen-bond acceptors (Lipinski definition) is 3. The second kappa shape index (κ2) is 3.73. The number of rotatable bonds is 2. The van der Waals surface area contributed by atoms with Gasteiger partial charge in [-0.15, -0.1) is 0 Å². The lowest BCUT2D eigenvalue weighted by atomic mass is 10.1. The van der Waals surface area contributed by atoms with Crippen molar-refractivity contribution in [3.8, 4) is 17.0 Å². The highest BCUT2D eigenvalue weighted by molar-refractivity contribution is 5.67. The Morgan fingerprint density at radius 3 is 2.80 bits per heavy atom. The van der Waals surface area contributed by atoms with Crippen LogP contribution >= 0.6 is 0 Å². The molecule has 4 heteroatoms. The largest absolute Gasteiger partial charge is 0.493 e. The van der Waals surface area contributed by atoms with Gasteiger partial charge in [0.05, 0.1) is 7.11 Å². The molecule has 0 unspecified atom stereocenters. The highest BCUT2D eigenvalue weighted by Gasteiger charge is 2.13. The molecule has 1 aromatic heterocycles. The summed E-state index contributed by atoms with van der Waals surface area (Å²) in [5.74, 6) is 0.456. The third-order valence-corrected chi connectivity index (χ3v) is 2.08. The van der Waals surface area contributed by atoms with Crippen molar-refractivity contribution in [1.29, 1.82) is 0 Å². The van der Waals surface area contributed by atoms with Crippen LogP contribution < -0.4 is 4.74 Å². The van der Waals surface area contributed by atoms with E-state index in [-0.39, 0.29) is 5.75 Å². The molecule has 0 N–H and O–H groups in total. The molecule has 0 aliphatic rings. The van der Waals surface area contributed by atoms with E-state index in [4.69, 9.17) is 9.26 Å². The van der Waals surface area contributed by atoms with Gasteiger partial charge in [0.15, 0.2) is 11.6 Å². The van der Waals surface area contributed by atoms with Crippen molar-refractivity contribution < 1.29 is 13.7 Å². The lowest BCUT2D eigenvalue weighted by molar-refractivity contribution is 0.385. The molecule has 0 spiro atoms. The van der Waals surface area contributed by atoms with Gasteiger partial charge in [0.25, 0.3) is 0 Å². The topological polar surface area (TPSA) is 35.3 Å². The Morgan fingerprint density at radius 1 is 1.40 bits per heavy atom. The fourth-order valence-corrected chi connectivity index (χ4v) is 1.41. The fraction of sp³-hybridized carbons (Fsp3) is 0.182. The molecule has 15 heavy (non-hydrogen) atoms. The number of nitrogens with zero attached hydrogens (tertiary/aromatic N) is 1. The molecule has 3 nitrogen and oxygen atoms in total. The molecule has 2 rings (SSSR count). The van der Waals surface area contributed by atoms with Crippen molar-refractivity contribution >= 4 is 0 Å². The molecule has 0 fully saturated rings. The van der Waals surface area contributed by atoms with Gasteiger partial charge in [-0.3, -0.25) is 0 Å². The van der Waals surface area contributed by atoms with E-state index in [0.29, 0.717) is 17.0 Å². The second-order valence-corrected chi connectivity index (χ2v) is 3.14. The van der Waals surface area contributed by atoms with Crippen molar-refractivity contribution in [3.05, 3.63) is 35.8 Å². The molecule has 78 valence electrons. The Balaban J connectivity index is 2.57. The molecular formula is C11H10FNO2. The summed E-state index contributed by atoms with van der Waals surface area (Å²) in [6, 6.07) is 6.42. The minimum absolute atomic E-state index is 0.186. The Hall–Kier alpha value is -1.84. The average molecular weight is 207 g/mol. The SMILES string of the molecule is COc1c(F)cccc1-c1cc(C)on1. The first-order chi connectivity index (χ1) is 7.22. The number of aryl methyl sites for hydroxylation is 1. The zero-order valence-corrected chi connectivity index (χ0v) is 8.45. The summed E-state index contributed by atoms with van der Waals surface area (Å²) in [7, 11) is 1.43. The summed E-state index contributed by atoms with van der Waals surface area (Å²) in [6.45, 7) is 1.78.